The van der Waals surface area contributed by atoms with Crippen molar-refractivity contribution in [2.45, 2.75) is 77.1 Å². The van der Waals surface area contributed by atoms with Crippen LogP contribution in [-0.2, 0) is 31.5 Å². The summed E-state index contributed by atoms with van der Waals surface area (Å²) in [6.45, 7) is 5.56. The molecule has 1 unspecified atom stereocenters. The van der Waals surface area contributed by atoms with Gasteiger partial charge in [0.15, 0.2) is 5.92 Å². The Morgan fingerprint density at radius 1 is 0.833 bits per heavy atom. The topological polar surface area (TPSA) is 60.7 Å². The minimum atomic E-state index is -5.63. The van der Waals surface area contributed by atoms with Gasteiger partial charge in [-0.3, -0.25) is 0 Å². The van der Waals surface area contributed by atoms with E-state index in [1.165, 1.54) is 0 Å². The number of hydrogen-bond acceptors (Lipinski definition) is 3. The standard InChI is InChI=1S/C27H32F6O3/c1-4-18-14-22(25(2,3)12-11-17-5-6-20(15-34)21(13-17)16-35)9-7-19(18)8-10-23(36)24(26(28,29)30)27(31,32)33/h5-10,13-14,23-24,34-36H,4,11-12,15-16H2,1-3H3/b10-8+. The first-order valence-corrected chi connectivity index (χ1v) is 11.6. The maximum absolute atomic E-state index is 12.9. The molecule has 2 rings (SSSR count). The van der Waals surface area contributed by atoms with Crippen LogP contribution in [-0.4, -0.2) is 33.8 Å². The molecule has 0 amide bonds. The highest BCUT2D eigenvalue weighted by molar-refractivity contribution is 5.56. The molecule has 0 aliphatic heterocycles. The summed E-state index contributed by atoms with van der Waals surface area (Å²) < 4.78 is 77.2. The highest BCUT2D eigenvalue weighted by Gasteiger charge is 2.59. The Bertz CT molecular complexity index is 1030. The molecule has 2 aromatic rings. The molecule has 0 heterocycles. The molecule has 0 radical (unpaired) electrons. The highest BCUT2D eigenvalue weighted by Crippen LogP contribution is 2.42. The van der Waals surface area contributed by atoms with Gasteiger partial charge >= 0.3 is 12.4 Å². The van der Waals surface area contributed by atoms with Crippen LogP contribution in [0.15, 0.2) is 42.5 Å². The van der Waals surface area contributed by atoms with Crippen molar-refractivity contribution in [1.29, 1.82) is 0 Å². The average Bonchev–Trinajstić information content (AvgIpc) is 2.79. The van der Waals surface area contributed by atoms with Gasteiger partial charge in [0.25, 0.3) is 0 Å². The molecule has 2 aromatic carbocycles. The van der Waals surface area contributed by atoms with Gasteiger partial charge in [0.05, 0.1) is 19.3 Å². The van der Waals surface area contributed by atoms with Crippen LogP contribution >= 0.6 is 0 Å². The fourth-order valence-electron chi connectivity index (χ4n) is 4.12. The maximum atomic E-state index is 12.9. The molecule has 3 N–H and O–H groups in total. The predicted molar refractivity (Wildman–Crippen MR) is 126 cm³/mol. The molecule has 0 spiro atoms. The van der Waals surface area contributed by atoms with E-state index >= 15 is 0 Å². The first kappa shape index (κ1) is 29.9. The van der Waals surface area contributed by atoms with Crippen LogP contribution in [0.25, 0.3) is 6.08 Å². The van der Waals surface area contributed by atoms with Crippen molar-refractivity contribution < 1.29 is 41.7 Å². The van der Waals surface area contributed by atoms with Gasteiger partial charge in [-0.2, -0.15) is 26.3 Å². The second kappa shape index (κ2) is 11.8. The Balaban J connectivity index is 2.23. The SMILES string of the molecule is CCc1cc(C(C)(C)CCc2ccc(CO)c(CO)c2)ccc1/C=C/C(O)C(C(F)(F)F)C(F)(F)F. The number of halogens is 6. The van der Waals surface area contributed by atoms with Gasteiger partial charge in [0.2, 0.25) is 0 Å². The van der Waals surface area contributed by atoms with Crippen molar-refractivity contribution in [3.8, 4) is 0 Å². The first-order valence-electron chi connectivity index (χ1n) is 11.6. The van der Waals surface area contributed by atoms with E-state index in [0.717, 1.165) is 29.2 Å². The second-order valence-corrected chi connectivity index (χ2v) is 9.48. The molecule has 1 atom stereocenters. The molecule has 0 saturated heterocycles. The maximum Gasteiger partial charge on any atom is 0.403 e. The number of rotatable bonds is 10. The normalized spacial score (nSPS) is 14.1. The number of alkyl halides is 6. The van der Waals surface area contributed by atoms with Crippen molar-refractivity contribution in [3.05, 3.63) is 75.9 Å². The van der Waals surface area contributed by atoms with E-state index in [1.807, 2.05) is 39.0 Å². The number of aliphatic hydroxyl groups excluding tert-OH is 3. The van der Waals surface area contributed by atoms with Gasteiger partial charge in [-0.25, -0.2) is 0 Å². The Morgan fingerprint density at radius 2 is 1.44 bits per heavy atom. The molecule has 0 aromatic heterocycles. The average molecular weight is 519 g/mol. The van der Waals surface area contributed by atoms with Crippen LogP contribution in [0.3, 0.4) is 0 Å². The van der Waals surface area contributed by atoms with Crippen LogP contribution < -0.4 is 0 Å². The summed E-state index contributed by atoms with van der Waals surface area (Å²) in [5.74, 6) is -3.86. The summed E-state index contributed by atoms with van der Waals surface area (Å²) in [5, 5.41) is 28.5. The van der Waals surface area contributed by atoms with E-state index in [9.17, 15) is 41.7 Å². The molecule has 36 heavy (non-hydrogen) atoms. The summed E-state index contributed by atoms with van der Waals surface area (Å²) in [7, 11) is 0. The van der Waals surface area contributed by atoms with E-state index < -0.39 is 24.4 Å². The lowest BCUT2D eigenvalue weighted by Crippen LogP contribution is -2.44. The molecule has 0 bridgehead atoms. The Morgan fingerprint density at radius 3 is 1.97 bits per heavy atom. The number of hydrogen-bond donors (Lipinski definition) is 3. The smallest absolute Gasteiger partial charge is 0.392 e. The molecular formula is C27H32F6O3. The highest BCUT2D eigenvalue weighted by atomic mass is 19.4. The van der Waals surface area contributed by atoms with E-state index in [2.05, 4.69) is 0 Å². The van der Waals surface area contributed by atoms with Crippen LogP contribution in [0.1, 0.15) is 60.6 Å². The largest absolute Gasteiger partial charge is 0.403 e. The van der Waals surface area contributed by atoms with Gasteiger partial charge in [-0.15, -0.1) is 0 Å². The fourth-order valence-corrected chi connectivity index (χ4v) is 4.12. The second-order valence-electron chi connectivity index (χ2n) is 9.48. The molecule has 0 fully saturated rings. The van der Waals surface area contributed by atoms with E-state index in [4.69, 9.17) is 0 Å². The van der Waals surface area contributed by atoms with E-state index in [1.54, 1.807) is 18.2 Å². The van der Waals surface area contributed by atoms with Gasteiger partial charge in [0, 0.05) is 0 Å². The van der Waals surface area contributed by atoms with Crippen LogP contribution in [0.2, 0.25) is 0 Å². The zero-order valence-corrected chi connectivity index (χ0v) is 20.4. The minimum Gasteiger partial charge on any atom is -0.392 e. The zero-order chi connectivity index (χ0) is 27.3. The Kier molecular flexibility index (Phi) is 9.78. The minimum absolute atomic E-state index is 0.160. The molecule has 0 aliphatic rings. The summed E-state index contributed by atoms with van der Waals surface area (Å²) in [4.78, 5) is 0. The van der Waals surface area contributed by atoms with E-state index in [0.29, 0.717) is 35.6 Å². The lowest BCUT2D eigenvalue weighted by atomic mass is 9.78. The van der Waals surface area contributed by atoms with Gasteiger partial charge in [-0.05, 0) is 58.1 Å². The van der Waals surface area contributed by atoms with Gasteiger partial charge in [0.1, 0.15) is 0 Å². The molecule has 3 nitrogen and oxygen atoms in total. The van der Waals surface area contributed by atoms with Gasteiger partial charge in [-0.1, -0.05) is 69.3 Å². The number of aliphatic hydroxyl groups is 3. The van der Waals surface area contributed by atoms with Crippen molar-refractivity contribution in [3.63, 3.8) is 0 Å². The third-order valence-corrected chi connectivity index (χ3v) is 6.48. The van der Waals surface area contributed by atoms with E-state index in [-0.39, 0.29) is 18.6 Å². The third kappa shape index (κ3) is 7.57. The Labute approximate surface area is 207 Å². The number of aryl methyl sites for hydroxylation is 2. The zero-order valence-electron chi connectivity index (χ0n) is 20.4. The first-order chi connectivity index (χ1) is 16.6. The van der Waals surface area contributed by atoms with Gasteiger partial charge < -0.3 is 15.3 Å². The molecule has 200 valence electrons. The fraction of sp³-hybridized carbons (Fsp3) is 0.481. The third-order valence-electron chi connectivity index (χ3n) is 6.48. The quantitative estimate of drug-likeness (QED) is 0.326. The van der Waals surface area contributed by atoms with Crippen LogP contribution in [0, 0.1) is 5.92 Å². The summed E-state index contributed by atoms with van der Waals surface area (Å²) >= 11 is 0. The summed E-state index contributed by atoms with van der Waals surface area (Å²) in [6, 6.07) is 10.8. The van der Waals surface area contributed by atoms with Crippen molar-refractivity contribution in [2.24, 2.45) is 5.92 Å². The van der Waals surface area contributed by atoms with Crippen LogP contribution in [0.5, 0.6) is 0 Å². The monoisotopic (exact) mass is 518 g/mol. The Hall–Kier alpha value is -2.36. The van der Waals surface area contributed by atoms with Crippen LogP contribution in [0.4, 0.5) is 26.3 Å². The van der Waals surface area contributed by atoms with Crippen molar-refractivity contribution >= 4 is 6.08 Å². The molecular weight excluding hydrogens is 486 g/mol. The number of benzene rings is 2. The predicted octanol–water partition coefficient (Wildman–Crippen LogP) is 6.26. The summed E-state index contributed by atoms with van der Waals surface area (Å²) in [6.07, 6.45) is -10.5. The molecule has 9 heteroatoms. The molecule has 0 saturated carbocycles. The lowest BCUT2D eigenvalue weighted by molar-refractivity contribution is -0.300. The molecule has 0 aliphatic carbocycles. The van der Waals surface area contributed by atoms with Crippen molar-refractivity contribution in [2.75, 3.05) is 0 Å². The van der Waals surface area contributed by atoms with Crippen molar-refractivity contribution in [1.82, 2.24) is 0 Å². The summed E-state index contributed by atoms with van der Waals surface area (Å²) in [5.41, 5.74) is 4.14. The lowest BCUT2D eigenvalue weighted by Gasteiger charge is -2.27.